The summed E-state index contributed by atoms with van der Waals surface area (Å²) in [6.45, 7) is 3.13. The third-order valence-corrected chi connectivity index (χ3v) is 3.62. The fraction of sp³-hybridized carbons (Fsp3) is 0.333. The Morgan fingerprint density at radius 3 is 2.81 bits per heavy atom. The molecule has 0 aliphatic heterocycles. The second-order valence-corrected chi connectivity index (χ2v) is 5.61. The van der Waals surface area contributed by atoms with Crippen molar-refractivity contribution in [3.05, 3.63) is 40.5 Å². The fourth-order valence-corrected chi connectivity index (χ4v) is 2.18. The molecule has 4 nitrogen and oxygen atoms in total. The summed E-state index contributed by atoms with van der Waals surface area (Å²) in [4.78, 5) is 10.8. The van der Waals surface area contributed by atoms with Crippen LogP contribution in [0.25, 0.3) is 0 Å². The Kier molecular flexibility index (Phi) is 5.65. The van der Waals surface area contributed by atoms with Crippen molar-refractivity contribution >= 4 is 40.7 Å². The average Bonchev–Trinajstić information content (AvgIpc) is 2.49. The second-order valence-electron chi connectivity index (χ2n) is 4.76. The molecule has 21 heavy (non-hydrogen) atoms. The van der Waals surface area contributed by atoms with Crippen molar-refractivity contribution in [1.29, 1.82) is 0 Å². The van der Waals surface area contributed by atoms with E-state index in [-0.39, 0.29) is 0 Å². The van der Waals surface area contributed by atoms with E-state index >= 15 is 0 Å². The number of hydrogen-bond donors (Lipinski definition) is 1. The van der Waals surface area contributed by atoms with Gasteiger partial charge in [0.25, 0.3) is 0 Å². The molecule has 0 atom stereocenters. The molecule has 112 valence electrons. The molecule has 0 spiro atoms. The van der Waals surface area contributed by atoms with E-state index in [1.165, 1.54) is 0 Å². The second kappa shape index (κ2) is 7.48. The van der Waals surface area contributed by atoms with Gasteiger partial charge in [-0.05, 0) is 30.7 Å². The molecule has 0 bridgehead atoms. The topological polar surface area (TPSA) is 41.1 Å². The standard InChI is InChI=1S/C15H18Cl2N4/c1-3-4-9-21(2)14-7-8-18-15(20-14)19-13-10-11(16)5-6-12(13)17/h5-8,10H,3-4,9H2,1-2H3,(H,18,19,20). The number of nitrogens with one attached hydrogen (secondary N) is 1. The first-order valence-corrected chi connectivity index (χ1v) is 7.62. The lowest BCUT2D eigenvalue weighted by molar-refractivity contribution is 0.759. The molecule has 1 aromatic carbocycles. The predicted octanol–water partition coefficient (Wildman–Crippen LogP) is 4.76. The minimum absolute atomic E-state index is 0.500. The first-order chi connectivity index (χ1) is 10.1. The fourth-order valence-electron chi connectivity index (χ4n) is 1.85. The van der Waals surface area contributed by atoms with Crippen molar-refractivity contribution in [2.45, 2.75) is 19.8 Å². The third-order valence-electron chi connectivity index (χ3n) is 3.05. The van der Waals surface area contributed by atoms with Crippen LogP contribution in [0.15, 0.2) is 30.5 Å². The van der Waals surface area contributed by atoms with Crippen molar-refractivity contribution in [2.24, 2.45) is 0 Å². The lowest BCUT2D eigenvalue weighted by atomic mass is 10.3. The molecule has 0 saturated carbocycles. The normalized spacial score (nSPS) is 10.5. The molecular weight excluding hydrogens is 307 g/mol. The highest BCUT2D eigenvalue weighted by Gasteiger charge is 2.07. The molecule has 2 rings (SSSR count). The molecule has 1 N–H and O–H groups in total. The summed E-state index contributed by atoms with van der Waals surface area (Å²) >= 11 is 12.1. The number of benzene rings is 1. The quantitative estimate of drug-likeness (QED) is 0.831. The van der Waals surface area contributed by atoms with Crippen LogP contribution in [0.4, 0.5) is 17.5 Å². The average molecular weight is 325 g/mol. The van der Waals surface area contributed by atoms with Crippen LogP contribution in [0, 0.1) is 0 Å². The van der Waals surface area contributed by atoms with Gasteiger partial charge >= 0.3 is 0 Å². The molecule has 0 radical (unpaired) electrons. The molecule has 0 aliphatic carbocycles. The van der Waals surface area contributed by atoms with Crippen molar-refractivity contribution in [1.82, 2.24) is 9.97 Å². The highest BCUT2D eigenvalue weighted by atomic mass is 35.5. The van der Waals surface area contributed by atoms with Crippen molar-refractivity contribution in [3.63, 3.8) is 0 Å². The molecule has 0 unspecified atom stereocenters. The summed E-state index contributed by atoms with van der Waals surface area (Å²) in [5, 5.41) is 4.29. The Hall–Kier alpha value is -1.52. The molecule has 2 aromatic rings. The van der Waals surface area contributed by atoms with Crippen LogP contribution >= 0.6 is 23.2 Å². The molecule has 6 heteroatoms. The minimum Gasteiger partial charge on any atom is -0.360 e. The zero-order valence-electron chi connectivity index (χ0n) is 12.1. The monoisotopic (exact) mass is 324 g/mol. The van der Waals surface area contributed by atoms with Gasteiger partial charge in [0.1, 0.15) is 5.82 Å². The van der Waals surface area contributed by atoms with Gasteiger partial charge < -0.3 is 10.2 Å². The molecule has 0 saturated heterocycles. The first kappa shape index (κ1) is 15.9. The van der Waals surface area contributed by atoms with E-state index in [1.807, 2.05) is 13.1 Å². The van der Waals surface area contributed by atoms with Gasteiger partial charge in [-0.15, -0.1) is 0 Å². The van der Waals surface area contributed by atoms with Crippen LogP contribution in [0.5, 0.6) is 0 Å². The maximum atomic E-state index is 6.13. The van der Waals surface area contributed by atoms with Gasteiger partial charge in [0.2, 0.25) is 5.95 Å². The smallest absolute Gasteiger partial charge is 0.229 e. The highest BCUT2D eigenvalue weighted by molar-refractivity contribution is 6.35. The number of aromatic nitrogens is 2. The lowest BCUT2D eigenvalue weighted by Crippen LogP contribution is -2.20. The molecule has 0 fully saturated rings. The maximum Gasteiger partial charge on any atom is 0.229 e. The van der Waals surface area contributed by atoms with Crippen LogP contribution < -0.4 is 10.2 Å². The van der Waals surface area contributed by atoms with Gasteiger partial charge in [0.05, 0.1) is 10.7 Å². The molecular formula is C15H18Cl2N4. The first-order valence-electron chi connectivity index (χ1n) is 6.86. The van der Waals surface area contributed by atoms with E-state index in [1.54, 1.807) is 24.4 Å². The summed E-state index contributed by atoms with van der Waals surface area (Å²) < 4.78 is 0. The Morgan fingerprint density at radius 1 is 1.24 bits per heavy atom. The van der Waals surface area contributed by atoms with E-state index in [0.717, 1.165) is 25.2 Å². The van der Waals surface area contributed by atoms with E-state index in [2.05, 4.69) is 27.1 Å². The van der Waals surface area contributed by atoms with Crippen LogP contribution in [0.1, 0.15) is 19.8 Å². The highest BCUT2D eigenvalue weighted by Crippen LogP contribution is 2.27. The van der Waals surface area contributed by atoms with Crippen LogP contribution in [-0.2, 0) is 0 Å². The molecule has 1 aromatic heterocycles. The van der Waals surface area contributed by atoms with Crippen molar-refractivity contribution in [2.75, 3.05) is 23.8 Å². The number of hydrogen-bond acceptors (Lipinski definition) is 4. The lowest BCUT2D eigenvalue weighted by Gasteiger charge is -2.18. The predicted molar refractivity (Wildman–Crippen MR) is 90.0 cm³/mol. The van der Waals surface area contributed by atoms with Crippen LogP contribution in [0.2, 0.25) is 10.0 Å². The molecule has 1 heterocycles. The van der Waals surface area contributed by atoms with Gasteiger partial charge in [0, 0.05) is 24.8 Å². The summed E-state index contributed by atoms with van der Waals surface area (Å²) in [7, 11) is 2.02. The Morgan fingerprint density at radius 2 is 2.05 bits per heavy atom. The van der Waals surface area contributed by atoms with Gasteiger partial charge in [-0.1, -0.05) is 36.5 Å². The zero-order valence-corrected chi connectivity index (χ0v) is 13.6. The Bertz CT molecular complexity index is 604. The summed E-state index contributed by atoms with van der Waals surface area (Å²) in [6, 6.07) is 7.12. The summed E-state index contributed by atoms with van der Waals surface area (Å²) in [5.74, 6) is 1.37. The number of rotatable bonds is 6. The molecule has 0 amide bonds. The Labute approximate surface area is 135 Å². The summed E-state index contributed by atoms with van der Waals surface area (Å²) in [5.41, 5.74) is 0.692. The maximum absolute atomic E-state index is 6.13. The Balaban J connectivity index is 2.15. The van der Waals surface area contributed by atoms with Gasteiger partial charge in [-0.25, -0.2) is 4.98 Å². The number of nitrogens with zero attached hydrogens (tertiary/aromatic N) is 3. The van der Waals surface area contributed by atoms with E-state index in [4.69, 9.17) is 23.2 Å². The van der Waals surface area contributed by atoms with Gasteiger partial charge in [0.15, 0.2) is 0 Å². The van der Waals surface area contributed by atoms with E-state index in [0.29, 0.717) is 21.7 Å². The third kappa shape index (κ3) is 4.48. The van der Waals surface area contributed by atoms with Crippen LogP contribution in [0.3, 0.4) is 0 Å². The number of halogens is 2. The minimum atomic E-state index is 0.500. The molecule has 0 aliphatic rings. The van der Waals surface area contributed by atoms with E-state index < -0.39 is 0 Å². The zero-order chi connectivity index (χ0) is 15.2. The largest absolute Gasteiger partial charge is 0.360 e. The van der Waals surface area contributed by atoms with Crippen molar-refractivity contribution in [3.8, 4) is 0 Å². The number of anilines is 3. The van der Waals surface area contributed by atoms with Crippen LogP contribution in [-0.4, -0.2) is 23.6 Å². The van der Waals surface area contributed by atoms with Gasteiger partial charge in [-0.2, -0.15) is 4.98 Å². The van der Waals surface area contributed by atoms with Gasteiger partial charge in [-0.3, -0.25) is 0 Å². The number of unbranched alkanes of at least 4 members (excludes halogenated alkanes) is 1. The summed E-state index contributed by atoms with van der Waals surface area (Å²) in [6.07, 6.45) is 4.01. The van der Waals surface area contributed by atoms with Crippen molar-refractivity contribution < 1.29 is 0 Å². The van der Waals surface area contributed by atoms with E-state index in [9.17, 15) is 0 Å². The SMILES string of the molecule is CCCCN(C)c1ccnc(Nc2cc(Cl)ccc2Cl)n1.